The van der Waals surface area contributed by atoms with E-state index in [9.17, 15) is 13.2 Å². The van der Waals surface area contributed by atoms with Gasteiger partial charge in [-0.05, 0) is 85.0 Å². The van der Waals surface area contributed by atoms with E-state index in [1.165, 1.54) is 12.1 Å². The first-order valence-electron chi connectivity index (χ1n) is 10.8. The first-order valence-corrected chi connectivity index (χ1v) is 13.0. The highest BCUT2D eigenvalue weighted by molar-refractivity contribution is 9.10. The quantitative estimate of drug-likeness (QED) is 0.371. The third-order valence-corrected chi connectivity index (χ3v) is 6.92. The van der Waals surface area contributed by atoms with Gasteiger partial charge in [0.25, 0.3) is 15.9 Å². The highest BCUT2D eigenvalue weighted by Gasteiger charge is 2.20. The van der Waals surface area contributed by atoms with Crippen LogP contribution in [0.2, 0.25) is 0 Å². The molecule has 0 unspecified atom stereocenters. The number of carbonyl (C=O) groups is 1. The number of benzene rings is 3. The van der Waals surface area contributed by atoms with Crippen molar-refractivity contribution in [2.45, 2.75) is 44.9 Å². The zero-order chi connectivity index (χ0) is 25.1. The molecule has 8 heteroatoms. The molecule has 0 heterocycles. The Balaban J connectivity index is 1.64. The number of hydrogen-bond donors (Lipinski definition) is 2. The van der Waals surface area contributed by atoms with E-state index in [2.05, 4.69) is 46.7 Å². The van der Waals surface area contributed by atoms with Gasteiger partial charge in [0.15, 0.2) is 6.61 Å². The van der Waals surface area contributed by atoms with E-state index < -0.39 is 10.0 Å². The van der Waals surface area contributed by atoms with E-state index in [0.29, 0.717) is 17.1 Å². The van der Waals surface area contributed by atoms with Gasteiger partial charge in [0.2, 0.25) is 0 Å². The van der Waals surface area contributed by atoms with Crippen molar-refractivity contribution in [1.29, 1.82) is 0 Å². The molecule has 0 bridgehead atoms. The molecule has 0 saturated carbocycles. The minimum atomic E-state index is -3.75. The molecule has 0 atom stereocenters. The van der Waals surface area contributed by atoms with Crippen molar-refractivity contribution in [2.24, 2.45) is 0 Å². The van der Waals surface area contributed by atoms with Crippen LogP contribution < -0.4 is 14.8 Å². The van der Waals surface area contributed by atoms with Crippen molar-refractivity contribution >= 4 is 43.2 Å². The molecular weight excluding hydrogens is 516 g/mol. The molecule has 0 aliphatic heterocycles. The molecular formula is C26H29BrN2O4S. The lowest BCUT2D eigenvalue weighted by atomic mass is 9.86. The summed E-state index contributed by atoms with van der Waals surface area (Å²) < 4.78 is 34.8. The Bertz CT molecular complexity index is 1280. The Labute approximate surface area is 209 Å². The summed E-state index contributed by atoms with van der Waals surface area (Å²) in [5, 5.41) is 2.74. The van der Waals surface area contributed by atoms with Crippen molar-refractivity contribution in [1.82, 2.24) is 0 Å². The fourth-order valence-electron chi connectivity index (χ4n) is 3.52. The fourth-order valence-corrected chi connectivity index (χ4v) is 4.92. The zero-order valence-electron chi connectivity index (χ0n) is 19.9. The van der Waals surface area contributed by atoms with Crippen molar-refractivity contribution in [3.63, 3.8) is 0 Å². The van der Waals surface area contributed by atoms with Gasteiger partial charge >= 0.3 is 0 Å². The fraction of sp³-hybridized carbons (Fsp3) is 0.269. The minimum absolute atomic E-state index is 0.102. The van der Waals surface area contributed by atoms with E-state index in [-0.39, 0.29) is 22.8 Å². The molecule has 0 radical (unpaired) electrons. The first kappa shape index (κ1) is 25.8. The molecule has 3 rings (SSSR count). The van der Waals surface area contributed by atoms with Crippen LogP contribution in [0.1, 0.15) is 37.5 Å². The van der Waals surface area contributed by atoms with Gasteiger partial charge in [0.05, 0.1) is 4.90 Å². The van der Waals surface area contributed by atoms with E-state index in [1.54, 1.807) is 24.3 Å². The highest BCUT2D eigenvalue weighted by atomic mass is 79.9. The summed E-state index contributed by atoms with van der Waals surface area (Å²) in [7, 11) is -3.75. The smallest absolute Gasteiger partial charge is 0.262 e. The zero-order valence-corrected chi connectivity index (χ0v) is 22.3. The summed E-state index contributed by atoms with van der Waals surface area (Å²) in [5.74, 6) is 0.302. The van der Waals surface area contributed by atoms with Crippen LogP contribution in [-0.2, 0) is 20.2 Å². The number of sulfonamides is 1. The van der Waals surface area contributed by atoms with Gasteiger partial charge in [-0.15, -0.1) is 0 Å². The third-order valence-electron chi connectivity index (χ3n) is 5.03. The molecule has 3 aromatic rings. The van der Waals surface area contributed by atoms with Crippen LogP contribution in [0, 0.1) is 13.8 Å². The normalized spacial score (nSPS) is 11.7. The molecule has 1 amide bonds. The maximum absolute atomic E-state index is 12.7. The van der Waals surface area contributed by atoms with Gasteiger partial charge in [0, 0.05) is 21.4 Å². The number of carbonyl (C=O) groups excluding carboxylic acids is 1. The molecule has 6 nitrogen and oxygen atoms in total. The second-order valence-corrected chi connectivity index (χ2v) is 11.8. The molecule has 34 heavy (non-hydrogen) atoms. The second kappa shape index (κ2) is 10.2. The van der Waals surface area contributed by atoms with Crippen LogP contribution in [-0.4, -0.2) is 20.9 Å². The summed E-state index contributed by atoms with van der Waals surface area (Å²) in [6.07, 6.45) is 0. The maximum Gasteiger partial charge on any atom is 0.262 e. The van der Waals surface area contributed by atoms with Crippen molar-refractivity contribution in [3.8, 4) is 5.75 Å². The predicted molar refractivity (Wildman–Crippen MR) is 140 cm³/mol. The Morgan fingerprint density at radius 2 is 1.53 bits per heavy atom. The Morgan fingerprint density at radius 3 is 2.12 bits per heavy atom. The number of anilines is 2. The minimum Gasteiger partial charge on any atom is -0.483 e. The largest absolute Gasteiger partial charge is 0.483 e. The summed E-state index contributed by atoms with van der Waals surface area (Å²) in [4.78, 5) is 12.5. The average molecular weight is 545 g/mol. The number of amides is 1. The van der Waals surface area contributed by atoms with Gasteiger partial charge in [-0.2, -0.15) is 0 Å². The number of hydrogen-bond acceptors (Lipinski definition) is 4. The standard InChI is InChI=1S/C26H29BrN2O4S/c1-17-12-18(2)14-21(13-17)29-34(31,32)22-9-7-20(8-10-22)28-25(30)16-33-24-11-6-19(27)15-23(24)26(3,4)5/h6-15,29H,16H2,1-5H3,(H,28,30). The van der Waals surface area contributed by atoms with E-state index in [1.807, 2.05) is 38.1 Å². The van der Waals surface area contributed by atoms with Crippen LogP contribution in [0.25, 0.3) is 0 Å². The Kier molecular flexibility index (Phi) is 7.73. The highest BCUT2D eigenvalue weighted by Crippen LogP contribution is 2.33. The van der Waals surface area contributed by atoms with Crippen LogP contribution in [0.3, 0.4) is 0 Å². The number of rotatable bonds is 7. The van der Waals surface area contributed by atoms with Gasteiger partial charge in [-0.3, -0.25) is 9.52 Å². The first-order chi connectivity index (χ1) is 15.8. The van der Waals surface area contributed by atoms with Crippen molar-refractivity contribution < 1.29 is 17.9 Å². The Morgan fingerprint density at radius 1 is 0.912 bits per heavy atom. The molecule has 0 aliphatic carbocycles. The molecule has 0 spiro atoms. The molecule has 2 N–H and O–H groups in total. The number of aryl methyl sites for hydroxylation is 2. The van der Waals surface area contributed by atoms with E-state index in [0.717, 1.165) is 21.2 Å². The van der Waals surface area contributed by atoms with E-state index in [4.69, 9.17) is 4.74 Å². The van der Waals surface area contributed by atoms with Crippen molar-refractivity contribution in [3.05, 3.63) is 81.8 Å². The van der Waals surface area contributed by atoms with Crippen LogP contribution >= 0.6 is 15.9 Å². The summed E-state index contributed by atoms with van der Waals surface area (Å²) in [6.45, 7) is 9.88. The predicted octanol–water partition coefficient (Wildman–Crippen LogP) is 6.18. The number of halogens is 1. The lowest BCUT2D eigenvalue weighted by molar-refractivity contribution is -0.118. The monoisotopic (exact) mass is 544 g/mol. The molecule has 0 aliphatic rings. The number of nitrogens with one attached hydrogen (secondary N) is 2. The van der Waals surface area contributed by atoms with E-state index >= 15 is 0 Å². The summed E-state index contributed by atoms with van der Waals surface area (Å²) >= 11 is 3.48. The molecule has 0 fully saturated rings. The topological polar surface area (TPSA) is 84.5 Å². The lowest BCUT2D eigenvalue weighted by Crippen LogP contribution is -2.22. The molecule has 180 valence electrons. The summed E-state index contributed by atoms with van der Waals surface area (Å²) in [5.41, 5.74) is 3.76. The molecule has 3 aromatic carbocycles. The average Bonchev–Trinajstić information content (AvgIpc) is 2.71. The Hall–Kier alpha value is -2.84. The van der Waals surface area contributed by atoms with Gasteiger partial charge in [-0.25, -0.2) is 8.42 Å². The van der Waals surface area contributed by atoms with Crippen LogP contribution in [0.15, 0.2) is 70.0 Å². The number of ether oxygens (including phenoxy) is 1. The van der Waals surface area contributed by atoms with Gasteiger partial charge in [-0.1, -0.05) is 42.8 Å². The van der Waals surface area contributed by atoms with Gasteiger partial charge < -0.3 is 10.1 Å². The molecule has 0 aromatic heterocycles. The van der Waals surface area contributed by atoms with Crippen molar-refractivity contribution in [2.75, 3.05) is 16.6 Å². The van der Waals surface area contributed by atoms with Crippen LogP contribution in [0.5, 0.6) is 5.75 Å². The summed E-state index contributed by atoms with van der Waals surface area (Å²) in [6, 6.07) is 17.2. The lowest BCUT2D eigenvalue weighted by Gasteiger charge is -2.23. The second-order valence-electron chi connectivity index (χ2n) is 9.23. The maximum atomic E-state index is 12.7. The van der Waals surface area contributed by atoms with Crippen LogP contribution in [0.4, 0.5) is 11.4 Å². The third kappa shape index (κ3) is 6.84. The molecule has 0 saturated heterocycles. The van der Waals surface area contributed by atoms with Gasteiger partial charge in [0.1, 0.15) is 5.75 Å². The SMILES string of the molecule is Cc1cc(C)cc(NS(=O)(=O)c2ccc(NC(=O)COc3ccc(Br)cc3C(C)(C)C)cc2)c1.